The molecule has 2 aliphatic heterocycles. The molecule has 3 aliphatic carbocycles. The molecule has 0 radical (unpaired) electrons. The van der Waals surface area contributed by atoms with E-state index in [1.165, 1.54) is 19.3 Å². The van der Waals surface area contributed by atoms with Gasteiger partial charge in [-0.2, -0.15) is 0 Å². The van der Waals surface area contributed by atoms with Crippen LogP contribution in [0, 0.1) is 29.6 Å². The number of ether oxygens (including phenoxy) is 2. The first-order valence-corrected chi connectivity index (χ1v) is 11.1. The van der Waals surface area contributed by atoms with Crippen LogP contribution in [-0.4, -0.2) is 35.6 Å². The molecule has 0 aromatic heterocycles. The van der Waals surface area contributed by atoms with Gasteiger partial charge in [0.2, 0.25) is 5.91 Å². The third kappa shape index (κ3) is 1.97. The lowest BCUT2D eigenvalue weighted by atomic mass is 9.70. The van der Waals surface area contributed by atoms with Crippen LogP contribution in [0.4, 0.5) is 5.69 Å². The molecule has 28 heavy (non-hydrogen) atoms. The van der Waals surface area contributed by atoms with E-state index in [-0.39, 0.29) is 29.8 Å². The number of hydrogen-bond acceptors (Lipinski definition) is 4. The average molecular weight is 383 g/mol. The number of aliphatic hydroxyl groups is 1. The van der Waals surface area contributed by atoms with Crippen LogP contribution >= 0.6 is 0 Å². The van der Waals surface area contributed by atoms with Gasteiger partial charge in [-0.1, -0.05) is 19.3 Å². The maximum Gasteiger partial charge on any atom is 0.233 e. The van der Waals surface area contributed by atoms with E-state index in [1.807, 2.05) is 36.1 Å². The van der Waals surface area contributed by atoms with Gasteiger partial charge in [-0.05, 0) is 62.3 Å². The predicted octanol–water partition coefficient (Wildman–Crippen LogP) is 3.35. The van der Waals surface area contributed by atoms with Crippen LogP contribution in [-0.2, 0) is 9.53 Å². The quantitative estimate of drug-likeness (QED) is 0.866. The van der Waals surface area contributed by atoms with Gasteiger partial charge in [-0.3, -0.25) is 9.69 Å². The predicted molar refractivity (Wildman–Crippen MR) is 104 cm³/mol. The standard InChI is InChI=1S/C23H29NO4/c1-2-27-15-10-8-14(9-11-15)24-22(26)18-16-12-17-19(18)23(24,28-21(17)20(16)25)13-6-4-3-5-7-13/h8-11,13,16-21,25H,2-7,12H2,1H3. The minimum Gasteiger partial charge on any atom is -0.494 e. The summed E-state index contributed by atoms with van der Waals surface area (Å²) in [5.74, 6) is 1.94. The summed E-state index contributed by atoms with van der Waals surface area (Å²) < 4.78 is 12.4. The number of nitrogens with zero attached hydrogens (tertiary/aromatic N) is 1. The van der Waals surface area contributed by atoms with Crippen molar-refractivity contribution in [3.05, 3.63) is 24.3 Å². The Labute approximate surface area is 166 Å². The number of benzene rings is 1. The molecular formula is C23H29NO4. The van der Waals surface area contributed by atoms with Gasteiger partial charge in [0.1, 0.15) is 5.75 Å². The van der Waals surface area contributed by atoms with Crippen LogP contribution in [0.2, 0.25) is 0 Å². The number of carbonyl (C=O) groups is 1. The van der Waals surface area contributed by atoms with Gasteiger partial charge in [0, 0.05) is 17.5 Å². The van der Waals surface area contributed by atoms with Gasteiger partial charge < -0.3 is 14.6 Å². The zero-order valence-corrected chi connectivity index (χ0v) is 16.4. The maximum atomic E-state index is 13.7. The van der Waals surface area contributed by atoms with Gasteiger partial charge in [0.05, 0.1) is 24.7 Å². The third-order valence-electron chi connectivity index (χ3n) is 8.30. The van der Waals surface area contributed by atoms with Gasteiger partial charge >= 0.3 is 0 Å². The number of rotatable bonds is 4. The van der Waals surface area contributed by atoms with E-state index in [0.29, 0.717) is 18.4 Å². The highest BCUT2D eigenvalue weighted by molar-refractivity contribution is 6.00. The monoisotopic (exact) mass is 383 g/mol. The molecule has 1 N–H and O–H groups in total. The van der Waals surface area contributed by atoms with Crippen molar-refractivity contribution >= 4 is 11.6 Å². The highest BCUT2D eigenvalue weighted by Crippen LogP contribution is 2.70. The SMILES string of the molecule is CCOc1ccc(N2C(=O)C3C4CC5C(OC2(C2CCCCC2)C53)C4O)cc1. The zero-order valence-electron chi connectivity index (χ0n) is 16.4. The highest BCUT2D eigenvalue weighted by atomic mass is 16.6. The normalized spacial score (nSPS) is 43.9. The minimum absolute atomic E-state index is 0.0747. The molecule has 2 bridgehead atoms. The number of aliphatic hydroxyl groups excluding tert-OH is 1. The van der Waals surface area contributed by atoms with Crippen LogP contribution in [0.1, 0.15) is 45.4 Å². The van der Waals surface area contributed by atoms with Crippen molar-refractivity contribution in [2.24, 2.45) is 29.6 Å². The lowest BCUT2D eigenvalue weighted by Crippen LogP contribution is -2.56. The number of carbonyl (C=O) groups excluding carboxylic acids is 1. The van der Waals surface area contributed by atoms with Crippen molar-refractivity contribution in [1.82, 2.24) is 0 Å². The van der Waals surface area contributed by atoms with Crippen molar-refractivity contribution in [2.75, 3.05) is 11.5 Å². The average Bonchev–Trinajstić information content (AvgIpc) is 3.39. The van der Waals surface area contributed by atoms with Crippen LogP contribution in [0.15, 0.2) is 24.3 Å². The lowest BCUT2D eigenvalue weighted by molar-refractivity contribution is -0.140. The van der Waals surface area contributed by atoms with Gasteiger partial charge in [0.15, 0.2) is 5.72 Å². The number of anilines is 1. The summed E-state index contributed by atoms with van der Waals surface area (Å²) in [6.07, 6.45) is 6.32. The largest absolute Gasteiger partial charge is 0.494 e. The summed E-state index contributed by atoms with van der Waals surface area (Å²) in [6.45, 7) is 2.60. The van der Waals surface area contributed by atoms with Crippen molar-refractivity contribution in [3.63, 3.8) is 0 Å². The molecule has 0 spiro atoms. The Morgan fingerprint density at radius 2 is 1.93 bits per heavy atom. The molecule has 3 saturated carbocycles. The molecule has 1 aromatic carbocycles. The molecular weight excluding hydrogens is 354 g/mol. The summed E-state index contributed by atoms with van der Waals surface area (Å²) in [5.41, 5.74) is 0.361. The van der Waals surface area contributed by atoms with Crippen LogP contribution < -0.4 is 9.64 Å². The summed E-state index contributed by atoms with van der Waals surface area (Å²) in [5, 5.41) is 10.8. The van der Waals surface area contributed by atoms with Crippen LogP contribution in [0.25, 0.3) is 0 Å². The van der Waals surface area contributed by atoms with E-state index < -0.39 is 11.8 Å². The molecule has 150 valence electrons. The fraction of sp³-hybridized carbons (Fsp3) is 0.696. The first-order valence-electron chi connectivity index (χ1n) is 11.1. The Balaban J connectivity index is 1.46. The first kappa shape index (κ1) is 17.3. The Kier molecular flexibility index (Phi) is 3.68. The summed E-state index contributed by atoms with van der Waals surface area (Å²) >= 11 is 0. The molecule has 7 atom stereocenters. The first-order chi connectivity index (χ1) is 13.7. The van der Waals surface area contributed by atoms with E-state index in [9.17, 15) is 9.90 Å². The summed E-state index contributed by atoms with van der Waals surface area (Å²) in [7, 11) is 0. The van der Waals surface area contributed by atoms with Crippen molar-refractivity contribution in [1.29, 1.82) is 0 Å². The van der Waals surface area contributed by atoms with E-state index >= 15 is 0 Å². The molecule has 7 unspecified atom stereocenters. The third-order valence-corrected chi connectivity index (χ3v) is 8.30. The molecule has 5 fully saturated rings. The van der Waals surface area contributed by atoms with Crippen molar-refractivity contribution < 1.29 is 19.4 Å². The second-order valence-corrected chi connectivity index (χ2v) is 9.38. The van der Waals surface area contributed by atoms with Gasteiger partial charge in [-0.25, -0.2) is 0 Å². The Morgan fingerprint density at radius 1 is 1.18 bits per heavy atom. The molecule has 6 rings (SSSR count). The van der Waals surface area contributed by atoms with Crippen molar-refractivity contribution in [3.8, 4) is 5.75 Å². The highest BCUT2D eigenvalue weighted by Gasteiger charge is 2.79. The number of fused-ring (bicyclic) bond motifs is 2. The van der Waals surface area contributed by atoms with Gasteiger partial charge in [0.25, 0.3) is 0 Å². The maximum absolute atomic E-state index is 13.7. The number of hydrogen-bond donors (Lipinski definition) is 1. The molecule has 5 nitrogen and oxygen atoms in total. The van der Waals surface area contributed by atoms with Crippen LogP contribution in [0.5, 0.6) is 5.75 Å². The van der Waals surface area contributed by atoms with Gasteiger partial charge in [-0.15, -0.1) is 0 Å². The number of amides is 1. The molecule has 2 heterocycles. The fourth-order valence-electron chi connectivity index (χ4n) is 7.46. The summed E-state index contributed by atoms with van der Waals surface area (Å²) in [4.78, 5) is 15.7. The van der Waals surface area contributed by atoms with Crippen molar-refractivity contribution in [2.45, 2.75) is 63.4 Å². The van der Waals surface area contributed by atoms with Crippen LogP contribution in [0.3, 0.4) is 0 Å². The lowest BCUT2D eigenvalue weighted by Gasteiger charge is -2.45. The second-order valence-electron chi connectivity index (χ2n) is 9.38. The molecule has 1 aromatic rings. The zero-order chi connectivity index (χ0) is 19.0. The minimum atomic E-state index is -0.559. The molecule has 1 amide bonds. The smallest absolute Gasteiger partial charge is 0.233 e. The Morgan fingerprint density at radius 3 is 2.64 bits per heavy atom. The van der Waals surface area contributed by atoms with E-state index in [0.717, 1.165) is 30.7 Å². The topological polar surface area (TPSA) is 59.0 Å². The Hall–Kier alpha value is -1.59. The fourth-order valence-corrected chi connectivity index (χ4v) is 7.46. The van der Waals surface area contributed by atoms with E-state index in [2.05, 4.69) is 0 Å². The summed E-state index contributed by atoms with van der Waals surface area (Å²) in [6, 6.07) is 7.92. The molecule has 2 saturated heterocycles. The van der Waals surface area contributed by atoms with E-state index in [1.54, 1.807) is 0 Å². The second kappa shape index (κ2) is 5.96. The molecule has 5 aliphatic rings. The van der Waals surface area contributed by atoms with E-state index in [4.69, 9.17) is 9.47 Å². The molecule has 5 heteroatoms. The Bertz CT molecular complexity index is 788.